The molecular formula is C15H22BrNO4. The van der Waals surface area contributed by atoms with E-state index >= 15 is 0 Å². The lowest BCUT2D eigenvalue weighted by molar-refractivity contribution is 0.0391. The SMILES string of the molecule is C[C@@H](O)[C@@H](COc1ccc(Br)cc1)NC(=O)OC(C)(C)C. The van der Waals surface area contributed by atoms with E-state index in [1.54, 1.807) is 39.8 Å². The number of rotatable bonds is 5. The molecule has 118 valence electrons. The second-order valence-corrected chi connectivity index (χ2v) is 6.67. The Hall–Kier alpha value is -1.27. The number of hydrogen-bond donors (Lipinski definition) is 2. The molecule has 21 heavy (non-hydrogen) atoms. The van der Waals surface area contributed by atoms with E-state index in [1.165, 1.54) is 0 Å². The molecule has 0 spiro atoms. The summed E-state index contributed by atoms with van der Waals surface area (Å²) in [6.07, 6.45) is -1.33. The third kappa shape index (κ3) is 7.34. The Bertz CT molecular complexity index is 454. The average molecular weight is 360 g/mol. The largest absolute Gasteiger partial charge is 0.491 e. The molecule has 0 saturated carbocycles. The first-order valence-electron chi connectivity index (χ1n) is 6.73. The third-order valence-corrected chi connectivity index (χ3v) is 3.06. The van der Waals surface area contributed by atoms with Crippen molar-refractivity contribution >= 4 is 22.0 Å². The van der Waals surface area contributed by atoms with Crippen molar-refractivity contribution < 1.29 is 19.4 Å². The van der Waals surface area contributed by atoms with E-state index in [9.17, 15) is 9.90 Å². The van der Waals surface area contributed by atoms with E-state index in [2.05, 4.69) is 21.2 Å². The molecule has 0 aliphatic rings. The highest BCUT2D eigenvalue weighted by Gasteiger charge is 2.22. The number of amides is 1. The van der Waals surface area contributed by atoms with Gasteiger partial charge in [-0.05, 0) is 52.0 Å². The Kier molecular flexibility index (Phi) is 6.48. The van der Waals surface area contributed by atoms with Gasteiger partial charge in [-0.3, -0.25) is 0 Å². The number of hydrogen-bond acceptors (Lipinski definition) is 4. The molecule has 1 rings (SSSR count). The van der Waals surface area contributed by atoms with Crippen LogP contribution in [-0.4, -0.2) is 35.6 Å². The van der Waals surface area contributed by atoms with Gasteiger partial charge in [-0.1, -0.05) is 15.9 Å². The van der Waals surface area contributed by atoms with Gasteiger partial charge in [0.15, 0.2) is 0 Å². The quantitative estimate of drug-likeness (QED) is 0.847. The second kappa shape index (κ2) is 7.66. The van der Waals surface area contributed by atoms with Gasteiger partial charge < -0.3 is 19.9 Å². The van der Waals surface area contributed by atoms with Crippen LogP contribution in [0.4, 0.5) is 4.79 Å². The van der Waals surface area contributed by atoms with Crippen LogP contribution in [0.5, 0.6) is 5.75 Å². The van der Waals surface area contributed by atoms with Crippen molar-refractivity contribution in [1.29, 1.82) is 0 Å². The number of halogens is 1. The number of carbonyl (C=O) groups excluding carboxylic acids is 1. The molecule has 0 heterocycles. The fourth-order valence-electron chi connectivity index (χ4n) is 1.48. The minimum absolute atomic E-state index is 0.151. The first kappa shape index (κ1) is 17.8. The van der Waals surface area contributed by atoms with E-state index in [-0.39, 0.29) is 6.61 Å². The highest BCUT2D eigenvalue weighted by molar-refractivity contribution is 9.10. The fraction of sp³-hybridized carbons (Fsp3) is 0.533. The predicted octanol–water partition coefficient (Wildman–Crippen LogP) is 3.10. The zero-order chi connectivity index (χ0) is 16.0. The number of nitrogens with one attached hydrogen (secondary N) is 1. The molecule has 2 atom stereocenters. The maximum Gasteiger partial charge on any atom is 0.408 e. The maximum absolute atomic E-state index is 11.7. The van der Waals surface area contributed by atoms with Crippen LogP contribution < -0.4 is 10.1 Å². The van der Waals surface area contributed by atoms with Gasteiger partial charge in [-0.25, -0.2) is 4.79 Å². The fourth-order valence-corrected chi connectivity index (χ4v) is 1.74. The molecule has 0 saturated heterocycles. The molecule has 0 bridgehead atoms. The van der Waals surface area contributed by atoms with Crippen LogP contribution in [0.3, 0.4) is 0 Å². The summed E-state index contributed by atoms with van der Waals surface area (Å²) < 4.78 is 11.7. The van der Waals surface area contributed by atoms with Crippen molar-refractivity contribution in [2.45, 2.75) is 45.4 Å². The summed E-state index contributed by atoms with van der Waals surface area (Å²) in [5, 5.41) is 12.3. The van der Waals surface area contributed by atoms with E-state index in [4.69, 9.17) is 9.47 Å². The van der Waals surface area contributed by atoms with Crippen LogP contribution in [0, 0.1) is 0 Å². The minimum atomic E-state index is -0.757. The summed E-state index contributed by atoms with van der Waals surface area (Å²) in [7, 11) is 0. The third-order valence-electron chi connectivity index (χ3n) is 2.53. The molecular weight excluding hydrogens is 338 g/mol. The van der Waals surface area contributed by atoms with Gasteiger partial charge in [0.2, 0.25) is 0 Å². The second-order valence-electron chi connectivity index (χ2n) is 5.76. The number of aliphatic hydroxyl groups is 1. The molecule has 5 nitrogen and oxygen atoms in total. The zero-order valence-corrected chi connectivity index (χ0v) is 14.3. The lowest BCUT2D eigenvalue weighted by atomic mass is 10.2. The maximum atomic E-state index is 11.7. The number of benzene rings is 1. The number of carbonyl (C=O) groups is 1. The summed E-state index contributed by atoms with van der Waals surface area (Å²) in [5.74, 6) is 0.662. The van der Waals surface area contributed by atoms with E-state index in [0.29, 0.717) is 5.75 Å². The van der Waals surface area contributed by atoms with Crippen LogP contribution in [-0.2, 0) is 4.74 Å². The minimum Gasteiger partial charge on any atom is -0.491 e. The lowest BCUT2D eigenvalue weighted by Crippen LogP contribution is -2.47. The van der Waals surface area contributed by atoms with E-state index in [0.717, 1.165) is 4.47 Å². The average Bonchev–Trinajstić information content (AvgIpc) is 2.33. The molecule has 0 aromatic heterocycles. The Morgan fingerprint density at radius 1 is 1.33 bits per heavy atom. The van der Waals surface area contributed by atoms with Gasteiger partial charge >= 0.3 is 6.09 Å². The molecule has 1 amide bonds. The number of aliphatic hydroxyl groups excluding tert-OH is 1. The molecule has 0 aliphatic carbocycles. The Morgan fingerprint density at radius 2 is 1.90 bits per heavy atom. The number of ether oxygens (including phenoxy) is 2. The number of alkyl carbamates (subject to hydrolysis) is 1. The van der Waals surface area contributed by atoms with Crippen molar-refractivity contribution in [1.82, 2.24) is 5.32 Å². The summed E-state index contributed by atoms with van der Waals surface area (Å²) in [4.78, 5) is 11.7. The lowest BCUT2D eigenvalue weighted by Gasteiger charge is -2.25. The summed E-state index contributed by atoms with van der Waals surface area (Å²) in [6.45, 7) is 7.08. The predicted molar refractivity (Wildman–Crippen MR) is 84.5 cm³/mol. The van der Waals surface area contributed by atoms with Gasteiger partial charge in [-0.15, -0.1) is 0 Å². The van der Waals surface area contributed by atoms with Crippen LogP contribution >= 0.6 is 15.9 Å². The van der Waals surface area contributed by atoms with Crippen LogP contribution in [0.15, 0.2) is 28.7 Å². The van der Waals surface area contributed by atoms with Crippen molar-refractivity contribution in [3.8, 4) is 5.75 Å². The molecule has 0 fully saturated rings. The van der Waals surface area contributed by atoms with E-state index in [1.807, 2.05) is 12.1 Å². The molecule has 1 aromatic rings. The Balaban J connectivity index is 2.54. The van der Waals surface area contributed by atoms with Crippen molar-refractivity contribution in [2.75, 3.05) is 6.61 Å². The monoisotopic (exact) mass is 359 g/mol. The first-order valence-corrected chi connectivity index (χ1v) is 7.52. The standard InChI is InChI=1S/C15H22BrNO4/c1-10(18)13(17-14(19)21-15(2,3)4)9-20-12-7-5-11(16)6-8-12/h5-8,10,13,18H,9H2,1-4H3,(H,17,19)/t10-,13-/m1/s1. The van der Waals surface area contributed by atoms with Crippen LogP contribution in [0.1, 0.15) is 27.7 Å². The molecule has 1 aromatic carbocycles. The summed E-state index contributed by atoms with van der Waals surface area (Å²) in [6, 6.07) is 6.76. The van der Waals surface area contributed by atoms with Crippen molar-refractivity contribution in [3.63, 3.8) is 0 Å². The smallest absolute Gasteiger partial charge is 0.408 e. The van der Waals surface area contributed by atoms with Crippen molar-refractivity contribution in [2.24, 2.45) is 0 Å². The normalized spacial score (nSPS) is 14.2. The van der Waals surface area contributed by atoms with Gasteiger partial charge in [0.05, 0.1) is 12.1 Å². The van der Waals surface area contributed by atoms with Crippen LogP contribution in [0.25, 0.3) is 0 Å². The summed E-state index contributed by atoms with van der Waals surface area (Å²) >= 11 is 3.34. The molecule has 0 radical (unpaired) electrons. The zero-order valence-electron chi connectivity index (χ0n) is 12.7. The Morgan fingerprint density at radius 3 is 2.38 bits per heavy atom. The van der Waals surface area contributed by atoms with Crippen molar-refractivity contribution in [3.05, 3.63) is 28.7 Å². The topological polar surface area (TPSA) is 67.8 Å². The van der Waals surface area contributed by atoms with E-state index < -0.39 is 23.8 Å². The molecule has 0 unspecified atom stereocenters. The molecule has 0 aliphatic heterocycles. The van der Waals surface area contributed by atoms with Gasteiger partial charge in [0, 0.05) is 4.47 Å². The van der Waals surface area contributed by atoms with Gasteiger partial charge in [0.1, 0.15) is 18.0 Å². The summed E-state index contributed by atoms with van der Waals surface area (Å²) in [5.41, 5.74) is -0.583. The van der Waals surface area contributed by atoms with Gasteiger partial charge in [-0.2, -0.15) is 0 Å². The first-order chi connectivity index (χ1) is 9.67. The highest BCUT2D eigenvalue weighted by Crippen LogP contribution is 2.16. The molecule has 2 N–H and O–H groups in total. The Labute approximate surface area is 133 Å². The highest BCUT2D eigenvalue weighted by atomic mass is 79.9. The van der Waals surface area contributed by atoms with Crippen LogP contribution in [0.2, 0.25) is 0 Å². The van der Waals surface area contributed by atoms with Gasteiger partial charge in [0.25, 0.3) is 0 Å². The molecule has 6 heteroatoms.